The number of hydrogen-bond acceptors (Lipinski definition) is 2. The lowest BCUT2D eigenvalue weighted by Crippen LogP contribution is -2.19. The molecule has 0 rings (SSSR count). The highest BCUT2D eigenvalue weighted by Gasteiger charge is 1.98. The topological polar surface area (TPSA) is 58.5 Å². The highest BCUT2D eigenvalue weighted by molar-refractivity contribution is 7.88. The van der Waals surface area contributed by atoms with Crippen molar-refractivity contribution in [3.63, 3.8) is 0 Å². The third-order valence-corrected chi connectivity index (χ3v) is 1.49. The summed E-state index contributed by atoms with van der Waals surface area (Å²) in [5.41, 5.74) is 0. The van der Waals surface area contributed by atoms with Gasteiger partial charge in [0.05, 0.1) is 0 Å². The van der Waals surface area contributed by atoms with E-state index in [4.69, 9.17) is 0 Å². The zero-order valence-corrected chi connectivity index (χ0v) is 5.40. The monoisotopic (exact) mass is 136 g/mol. The van der Waals surface area contributed by atoms with Gasteiger partial charge in [0.25, 0.3) is 0 Å². The average Bonchev–Trinajstić information content (AvgIpc) is 1.67. The number of nitrogens with one attached hydrogen (secondary N) is 1. The van der Waals surface area contributed by atoms with Crippen LogP contribution < -0.4 is 4.72 Å². The molecule has 1 N–H and O–H groups in total. The lowest BCUT2D eigenvalue weighted by molar-refractivity contribution is 0.586. The van der Waals surface area contributed by atoms with E-state index in [1.54, 1.807) is 6.92 Å². The minimum Gasteiger partial charge on any atom is -0.196 e. The molecule has 0 bridgehead atoms. The van der Waals surface area contributed by atoms with Gasteiger partial charge in [0.15, 0.2) is 0 Å². The van der Waals surface area contributed by atoms with Gasteiger partial charge in [0, 0.05) is 13.3 Å². The first-order valence-corrected chi connectivity index (χ1v) is 3.54. The molecule has 0 saturated heterocycles. The zero-order chi connectivity index (χ0) is 6.62. The SMILES string of the molecule is C=NS(=O)(=O)NCC. The Balaban J connectivity index is 3.95. The van der Waals surface area contributed by atoms with Crippen LogP contribution >= 0.6 is 0 Å². The third kappa shape index (κ3) is 2.70. The second kappa shape index (κ2) is 2.78. The number of rotatable bonds is 3. The van der Waals surface area contributed by atoms with Crippen molar-refractivity contribution in [3.05, 3.63) is 0 Å². The van der Waals surface area contributed by atoms with Gasteiger partial charge in [-0.25, -0.2) is 0 Å². The van der Waals surface area contributed by atoms with Crippen molar-refractivity contribution >= 4 is 16.9 Å². The summed E-state index contributed by atoms with van der Waals surface area (Å²) < 4.78 is 25.5. The molecule has 0 unspecified atom stereocenters. The molecule has 0 radical (unpaired) electrons. The summed E-state index contributed by atoms with van der Waals surface area (Å²) in [7, 11) is -3.41. The lowest BCUT2D eigenvalue weighted by Gasteiger charge is -1.92. The van der Waals surface area contributed by atoms with Gasteiger partial charge in [0.1, 0.15) is 0 Å². The van der Waals surface area contributed by atoms with Crippen molar-refractivity contribution in [3.8, 4) is 0 Å². The molecule has 48 valence electrons. The van der Waals surface area contributed by atoms with Gasteiger partial charge in [0.2, 0.25) is 0 Å². The van der Waals surface area contributed by atoms with Crippen molar-refractivity contribution in [1.82, 2.24) is 4.72 Å². The van der Waals surface area contributed by atoms with E-state index in [1.807, 2.05) is 0 Å². The van der Waals surface area contributed by atoms with Gasteiger partial charge in [-0.3, -0.25) is 0 Å². The summed E-state index contributed by atoms with van der Waals surface area (Å²) in [5.74, 6) is 0. The van der Waals surface area contributed by atoms with Crippen molar-refractivity contribution in [2.24, 2.45) is 4.40 Å². The predicted molar refractivity (Wildman–Crippen MR) is 32.1 cm³/mol. The van der Waals surface area contributed by atoms with Crippen LogP contribution in [0.15, 0.2) is 4.40 Å². The van der Waals surface area contributed by atoms with E-state index in [9.17, 15) is 8.42 Å². The number of hydrogen-bond donors (Lipinski definition) is 1. The fraction of sp³-hybridized carbons (Fsp3) is 0.667. The normalized spacial score (nSPS) is 11.1. The van der Waals surface area contributed by atoms with Gasteiger partial charge in [-0.05, 0) is 0 Å². The molecule has 0 aliphatic rings. The molecule has 5 heteroatoms. The fourth-order valence-electron chi connectivity index (χ4n) is 0.228. The fourth-order valence-corrected chi connectivity index (χ4v) is 0.684. The predicted octanol–water partition coefficient (Wildman–Crippen LogP) is -0.459. The standard InChI is InChI=1S/C3H8N2O2S/c1-3-5-8(6,7)4-2/h5H,2-3H2,1H3. The van der Waals surface area contributed by atoms with E-state index in [-0.39, 0.29) is 0 Å². The molecule has 0 amide bonds. The first-order chi connectivity index (χ1) is 3.62. The summed E-state index contributed by atoms with van der Waals surface area (Å²) in [6.45, 7) is 4.87. The van der Waals surface area contributed by atoms with Gasteiger partial charge < -0.3 is 0 Å². The molecule has 0 aromatic rings. The zero-order valence-electron chi connectivity index (χ0n) is 4.59. The minimum absolute atomic E-state index is 0.349. The number of nitrogens with zero attached hydrogens (tertiary/aromatic N) is 1. The molecule has 0 heterocycles. The minimum atomic E-state index is -3.41. The molecule has 0 atom stereocenters. The quantitative estimate of drug-likeness (QED) is 0.534. The largest absolute Gasteiger partial charge is 0.319 e. The molecule has 0 aliphatic carbocycles. The Morgan fingerprint density at radius 2 is 2.25 bits per heavy atom. The molecule has 8 heavy (non-hydrogen) atoms. The van der Waals surface area contributed by atoms with Crippen molar-refractivity contribution < 1.29 is 8.42 Å². The first-order valence-electron chi connectivity index (χ1n) is 2.10. The van der Waals surface area contributed by atoms with E-state index in [0.29, 0.717) is 6.54 Å². The molecule has 0 saturated carbocycles. The Morgan fingerprint density at radius 1 is 1.75 bits per heavy atom. The van der Waals surface area contributed by atoms with E-state index >= 15 is 0 Å². The van der Waals surface area contributed by atoms with Gasteiger partial charge in [-0.1, -0.05) is 6.92 Å². The Bertz CT molecular complexity index is 160. The van der Waals surface area contributed by atoms with Crippen molar-refractivity contribution in [2.45, 2.75) is 6.92 Å². The lowest BCUT2D eigenvalue weighted by atomic mass is 10.8. The molecular formula is C3H8N2O2S. The van der Waals surface area contributed by atoms with Crippen LogP contribution in [0, 0.1) is 0 Å². The highest BCUT2D eigenvalue weighted by Crippen LogP contribution is 1.78. The van der Waals surface area contributed by atoms with Crippen LogP contribution in [0.1, 0.15) is 6.92 Å². The molecule has 0 spiro atoms. The summed E-state index contributed by atoms with van der Waals surface area (Å²) in [5, 5.41) is 0. The molecule has 0 aromatic heterocycles. The van der Waals surface area contributed by atoms with Crippen LogP contribution in [-0.2, 0) is 10.2 Å². The molecule has 0 fully saturated rings. The summed E-state index contributed by atoms with van der Waals surface area (Å²) in [6, 6.07) is 0. The van der Waals surface area contributed by atoms with Crippen LogP contribution in [0.2, 0.25) is 0 Å². The summed E-state index contributed by atoms with van der Waals surface area (Å²) in [6.07, 6.45) is 0. The summed E-state index contributed by atoms with van der Waals surface area (Å²) >= 11 is 0. The smallest absolute Gasteiger partial charge is 0.196 e. The van der Waals surface area contributed by atoms with Crippen molar-refractivity contribution in [1.29, 1.82) is 0 Å². The van der Waals surface area contributed by atoms with Gasteiger partial charge in [-0.15, -0.1) is 0 Å². The van der Waals surface area contributed by atoms with E-state index in [2.05, 4.69) is 15.8 Å². The highest BCUT2D eigenvalue weighted by atomic mass is 32.2. The Morgan fingerprint density at radius 3 is 2.38 bits per heavy atom. The van der Waals surface area contributed by atoms with Crippen molar-refractivity contribution in [2.75, 3.05) is 6.54 Å². The molecular weight excluding hydrogens is 128 g/mol. The second-order valence-electron chi connectivity index (χ2n) is 1.10. The first kappa shape index (κ1) is 7.58. The van der Waals surface area contributed by atoms with Crippen LogP contribution in [-0.4, -0.2) is 21.7 Å². The maximum atomic E-state index is 10.3. The average molecular weight is 136 g/mol. The Labute approximate surface area is 48.8 Å². The maximum Gasteiger partial charge on any atom is 0.319 e. The summed E-state index contributed by atoms with van der Waals surface area (Å²) in [4.78, 5) is 0. The Hall–Kier alpha value is -0.420. The molecule has 4 nitrogen and oxygen atoms in total. The van der Waals surface area contributed by atoms with Gasteiger partial charge in [-0.2, -0.15) is 17.5 Å². The maximum absolute atomic E-state index is 10.3. The van der Waals surface area contributed by atoms with E-state index in [1.165, 1.54) is 0 Å². The van der Waals surface area contributed by atoms with Crippen LogP contribution in [0.3, 0.4) is 0 Å². The van der Waals surface area contributed by atoms with Gasteiger partial charge >= 0.3 is 10.2 Å². The molecule has 0 aromatic carbocycles. The Kier molecular flexibility index (Phi) is 2.64. The van der Waals surface area contributed by atoms with Crippen LogP contribution in [0.4, 0.5) is 0 Å². The molecule has 0 aliphatic heterocycles. The van der Waals surface area contributed by atoms with E-state index in [0.717, 1.165) is 0 Å². The van der Waals surface area contributed by atoms with Crippen LogP contribution in [0.5, 0.6) is 0 Å². The second-order valence-corrected chi connectivity index (χ2v) is 2.60. The third-order valence-electron chi connectivity index (χ3n) is 0.497. The van der Waals surface area contributed by atoms with Crippen LogP contribution in [0.25, 0.3) is 0 Å². The van der Waals surface area contributed by atoms with E-state index < -0.39 is 10.2 Å².